The van der Waals surface area contributed by atoms with Gasteiger partial charge in [-0.25, -0.2) is 0 Å². The molecule has 2 atom stereocenters. The minimum absolute atomic E-state index is 0.158. The molecule has 0 bridgehead atoms. The molecule has 2 aliphatic heterocycles. The number of hydrogen-bond donors (Lipinski definition) is 2. The second-order valence-corrected chi connectivity index (χ2v) is 16.1. The number of anilines is 2. The van der Waals surface area contributed by atoms with Crippen LogP contribution in [-0.2, 0) is 28.5 Å². The van der Waals surface area contributed by atoms with Gasteiger partial charge in [0.05, 0.1) is 49.9 Å². The van der Waals surface area contributed by atoms with E-state index in [-0.39, 0.29) is 49.1 Å². The Labute approximate surface area is 316 Å². The fourth-order valence-corrected chi connectivity index (χ4v) is 6.35. The maximum absolute atomic E-state index is 12.8. The van der Waals surface area contributed by atoms with Crippen LogP contribution in [0.15, 0.2) is 0 Å². The molecule has 2 aromatic heterocycles. The van der Waals surface area contributed by atoms with Crippen molar-refractivity contribution in [3.05, 3.63) is 0 Å². The molecule has 2 saturated heterocycles. The summed E-state index contributed by atoms with van der Waals surface area (Å²) in [5.74, 6) is 1.72. The lowest BCUT2D eigenvalue weighted by molar-refractivity contribution is -0.151. The standard InChI is InChI=1S/C34H58N8O8S2/c1-33(2,3)35-21-25(23-47-31-29(37-51-39-31)41-13-17-45-18-14-41)49-27(43)11-9-7-8-10-12-28(44)50-26(22-36-34(4,5)6)24-48-32-30(38-52-40-32)42-15-19-46-20-16-42/h25-26,35-36H,7-24H2,1-6H3/t25-,26-/m0/s1. The summed E-state index contributed by atoms with van der Waals surface area (Å²) >= 11 is 2.19. The number of aromatic nitrogens is 4. The van der Waals surface area contributed by atoms with Gasteiger partial charge in [0.25, 0.3) is 11.8 Å². The van der Waals surface area contributed by atoms with Gasteiger partial charge < -0.3 is 48.9 Å². The van der Waals surface area contributed by atoms with Gasteiger partial charge in [0, 0.05) is 63.2 Å². The third-order valence-corrected chi connectivity index (χ3v) is 9.15. The molecule has 2 aliphatic rings. The zero-order valence-electron chi connectivity index (χ0n) is 31.6. The Hall–Kier alpha value is -2.90. The molecule has 4 heterocycles. The van der Waals surface area contributed by atoms with Crippen molar-refractivity contribution in [2.45, 2.75) is 103 Å². The molecule has 2 aromatic rings. The summed E-state index contributed by atoms with van der Waals surface area (Å²) in [6.07, 6.45) is 2.46. The van der Waals surface area contributed by atoms with E-state index in [1.165, 1.54) is 0 Å². The van der Waals surface area contributed by atoms with Crippen LogP contribution in [0, 0.1) is 0 Å². The highest BCUT2D eigenvalue weighted by Crippen LogP contribution is 2.28. The second-order valence-electron chi connectivity index (χ2n) is 15.0. The predicted molar refractivity (Wildman–Crippen MR) is 200 cm³/mol. The molecule has 0 unspecified atom stereocenters. The van der Waals surface area contributed by atoms with Crippen molar-refractivity contribution in [1.29, 1.82) is 0 Å². The van der Waals surface area contributed by atoms with Crippen LogP contribution in [0.3, 0.4) is 0 Å². The number of unbranched alkanes of at least 4 members (excludes halogenated alkanes) is 3. The predicted octanol–water partition coefficient (Wildman–Crippen LogP) is 3.46. The van der Waals surface area contributed by atoms with Crippen molar-refractivity contribution >= 4 is 47.0 Å². The molecular weight excluding hydrogens is 713 g/mol. The van der Waals surface area contributed by atoms with Gasteiger partial charge in [-0.1, -0.05) is 12.8 Å². The fourth-order valence-electron chi connectivity index (χ4n) is 5.31. The van der Waals surface area contributed by atoms with E-state index in [0.717, 1.165) is 62.5 Å². The Morgan fingerprint density at radius 3 is 1.40 bits per heavy atom. The van der Waals surface area contributed by atoms with Gasteiger partial charge in [0.2, 0.25) is 11.6 Å². The highest BCUT2D eigenvalue weighted by Gasteiger charge is 2.25. The zero-order valence-corrected chi connectivity index (χ0v) is 33.3. The summed E-state index contributed by atoms with van der Waals surface area (Å²) in [5, 5.41) is 6.81. The maximum atomic E-state index is 12.8. The molecule has 0 aromatic carbocycles. The van der Waals surface area contributed by atoms with Gasteiger partial charge in [0.1, 0.15) is 25.4 Å². The molecule has 0 radical (unpaired) electrons. The Bertz CT molecular complexity index is 1240. The molecule has 16 nitrogen and oxygen atoms in total. The number of nitrogens with zero attached hydrogens (tertiary/aromatic N) is 6. The second kappa shape index (κ2) is 21.1. The minimum Gasteiger partial charge on any atom is -0.470 e. The number of esters is 2. The number of carbonyl (C=O) groups excluding carboxylic acids is 2. The number of rotatable bonds is 21. The van der Waals surface area contributed by atoms with E-state index in [9.17, 15) is 9.59 Å². The maximum Gasteiger partial charge on any atom is 0.306 e. The fraction of sp³-hybridized carbons (Fsp3) is 0.824. The lowest BCUT2D eigenvalue weighted by atomic mass is 10.1. The molecule has 2 fully saturated rings. The van der Waals surface area contributed by atoms with Crippen molar-refractivity contribution in [2.75, 3.05) is 88.7 Å². The first kappa shape index (κ1) is 41.9. The first-order valence-corrected chi connectivity index (χ1v) is 19.8. The van der Waals surface area contributed by atoms with Crippen LogP contribution in [0.2, 0.25) is 0 Å². The zero-order chi connectivity index (χ0) is 37.4. The molecule has 0 amide bonds. The van der Waals surface area contributed by atoms with Crippen LogP contribution in [0.4, 0.5) is 11.6 Å². The average molecular weight is 771 g/mol. The normalized spacial score (nSPS) is 16.7. The number of morpholine rings is 2. The smallest absolute Gasteiger partial charge is 0.306 e. The molecular formula is C34H58N8O8S2. The van der Waals surface area contributed by atoms with Gasteiger partial charge in [-0.3, -0.25) is 9.59 Å². The molecule has 0 saturated carbocycles. The van der Waals surface area contributed by atoms with Crippen LogP contribution in [-0.4, -0.2) is 132 Å². The molecule has 2 N–H and O–H groups in total. The molecule has 0 aliphatic carbocycles. The number of carbonyl (C=O) groups is 2. The summed E-state index contributed by atoms with van der Waals surface area (Å²) in [6, 6.07) is 0. The summed E-state index contributed by atoms with van der Waals surface area (Å²) in [4.78, 5) is 29.9. The Kier molecular flexibility index (Phi) is 17.0. The van der Waals surface area contributed by atoms with E-state index in [2.05, 4.69) is 79.5 Å². The van der Waals surface area contributed by atoms with Crippen molar-refractivity contribution < 1.29 is 38.0 Å². The summed E-state index contributed by atoms with van der Waals surface area (Å²) in [6.45, 7) is 19.0. The summed E-state index contributed by atoms with van der Waals surface area (Å²) < 4.78 is 52.1. The van der Waals surface area contributed by atoms with Gasteiger partial charge in [-0.15, -0.1) is 8.75 Å². The van der Waals surface area contributed by atoms with Gasteiger partial charge in [-0.05, 0) is 54.4 Å². The van der Waals surface area contributed by atoms with Crippen molar-refractivity contribution in [3.8, 4) is 11.8 Å². The van der Waals surface area contributed by atoms with Crippen LogP contribution in [0.5, 0.6) is 11.8 Å². The Balaban J connectivity index is 1.16. The Morgan fingerprint density at radius 2 is 1.04 bits per heavy atom. The summed E-state index contributed by atoms with van der Waals surface area (Å²) in [5.41, 5.74) is -0.317. The van der Waals surface area contributed by atoms with E-state index in [4.69, 9.17) is 28.4 Å². The van der Waals surface area contributed by atoms with Crippen molar-refractivity contribution in [2.24, 2.45) is 0 Å². The minimum atomic E-state index is -0.497. The largest absolute Gasteiger partial charge is 0.470 e. The van der Waals surface area contributed by atoms with Gasteiger partial charge >= 0.3 is 11.9 Å². The van der Waals surface area contributed by atoms with Crippen LogP contribution >= 0.6 is 23.5 Å². The highest BCUT2D eigenvalue weighted by atomic mass is 32.1. The van der Waals surface area contributed by atoms with Crippen molar-refractivity contribution in [3.63, 3.8) is 0 Å². The molecule has 294 valence electrons. The molecule has 18 heteroatoms. The molecule has 4 rings (SSSR count). The number of ether oxygens (including phenoxy) is 6. The molecule has 0 spiro atoms. The van der Waals surface area contributed by atoms with Crippen LogP contribution in [0.25, 0.3) is 0 Å². The van der Waals surface area contributed by atoms with E-state index in [1.54, 1.807) is 0 Å². The number of hydrogen-bond acceptors (Lipinski definition) is 18. The first-order chi connectivity index (χ1) is 24.9. The van der Waals surface area contributed by atoms with E-state index < -0.39 is 12.2 Å². The lowest BCUT2D eigenvalue weighted by Crippen LogP contribution is -2.44. The SMILES string of the molecule is CC(C)(C)NC[C@@H](COc1nsnc1N1CCOCC1)OC(=O)CCCCCCC(=O)O[C@@H](CNC(C)(C)C)COc1nsnc1N1CCOCC1. The summed E-state index contributed by atoms with van der Waals surface area (Å²) in [7, 11) is 0. The quantitative estimate of drug-likeness (QED) is 0.140. The van der Waals surface area contributed by atoms with E-state index in [1.807, 2.05) is 0 Å². The van der Waals surface area contributed by atoms with Crippen molar-refractivity contribution in [1.82, 2.24) is 28.1 Å². The third kappa shape index (κ3) is 15.6. The van der Waals surface area contributed by atoms with E-state index >= 15 is 0 Å². The topological polar surface area (TPSA) is 172 Å². The van der Waals surface area contributed by atoms with Crippen LogP contribution < -0.4 is 29.9 Å². The highest BCUT2D eigenvalue weighted by molar-refractivity contribution is 6.99. The number of nitrogens with one attached hydrogen (secondary N) is 2. The van der Waals surface area contributed by atoms with Crippen LogP contribution in [0.1, 0.15) is 80.1 Å². The monoisotopic (exact) mass is 770 g/mol. The van der Waals surface area contributed by atoms with E-state index in [0.29, 0.717) is 75.8 Å². The van der Waals surface area contributed by atoms with Gasteiger partial charge in [0.15, 0.2) is 0 Å². The Morgan fingerprint density at radius 1 is 0.654 bits per heavy atom. The lowest BCUT2D eigenvalue weighted by Gasteiger charge is -2.27. The average Bonchev–Trinajstić information content (AvgIpc) is 3.79. The third-order valence-electron chi connectivity index (χ3n) is 8.15. The molecule has 52 heavy (non-hydrogen) atoms. The van der Waals surface area contributed by atoms with Gasteiger partial charge in [-0.2, -0.15) is 8.75 Å². The first-order valence-electron chi connectivity index (χ1n) is 18.3.